The zero-order valence-corrected chi connectivity index (χ0v) is 14.6. The molecular weight excluding hydrogens is 337 g/mol. The van der Waals surface area contributed by atoms with Crippen molar-refractivity contribution < 1.29 is 23.5 Å². The van der Waals surface area contributed by atoms with E-state index >= 15 is 4.39 Å². The second-order valence-electron chi connectivity index (χ2n) is 6.02. The number of benzene rings is 2. The van der Waals surface area contributed by atoms with Gasteiger partial charge in [0.15, 0.2) is 0 Å². The maximum absolute atomic E-state index is 15.5. The second-order valence-corrected chi connectivity index (χ2v) is 6.02. The third kappa shape index (κ3) is 3.20. The Hall–Kier alpha value is -2.73. The predicted octanol–water partition coefficient (Wildman–Crippen LogP) is 3.26. The number of halogens is 1. The number of hydrogen-bond donors (Lipinski definition) is 0. The summed E-state index contributed by atoms with van der Waals surface area (Å²) in [7, 11) is 1.30. The van der Waals surface area contributed by atoms with Crippen LogP contribution in [0, 0.1) is 0 Å². The minimum Gasteiger partial charge on any atom is -0.465 e. The van der Waals surface area contributed by atoms with Gasteiger partial charge in [-0.2, -0.15) is 0 Å². The Balaban J connectivity index is 1.87. The number of alkyl halides is 1. The monoisotopic (exact) mass is 357 g/mol. The van der Waals surface area contributed by atoms with E-state index in [1.807, 2.05) is 30.3 Å². The van der Waals surface area contributed by atoms with Crippen LogP contribution in [0.4, 0.5) is 4.39 Å². The van der Waals surface area contributed by atoms with Gasteiger partial charge in [-0.25, -0.2) is 18.9 Å². The molecule has 1 aliphatic rings. The molecule has 3 unspecified atom stereocenters. The van der Waals surface area contributed by atoms with Crippen molar-refractivity contribution in [2.24, 2.45) is 0 Å². The summed E-state index contributed by atoms with van der Waals surface area (Å²) in [6.07, 6.45) is 0. The Morgan fingerprint density at radius 2 is 1.77 bits per heavy atom. The average molecular weight is 357 g/mol. The standard InChI is InChI=1S/C20H20FNO4/c1-3-26-19(24)20(21)17(22(20)13-14-7-5-4-6-8-14)15-9-11-16(12-10-15)18(23)25-2/h4-12,17H,3,13H2,1-2H3. The maximum atomic E-state index is 15.5. The molecule has 2 aromatic carbocycles. The molecule has 0 N–H and O–H groups in total. The highest BCUT2D eigenvalue weighted by atomic mass is 19.2. The number of methoxy groups -OCH3 is 1. The highest BCUT2D eigenvalue weighted by Crippen LogP contribution is 2.56. The van der Waals surface area contributed by atoms with E-state index < -0.39 is 23.8 Å². The first kappa shape index (κ1) is 18.1. The van der Waals surface area contributed by atoms with Crippen LogP contribution in [0.3, 0.4) is 0 Å². The van der Waals surface area contributed by atoms with Crippen molar-refractivity contribution in [2.45, 2.75) is 25.3 Å². The summed E-state index contributed by atoms with van der Waals surface area (Å²) in [6.45, 7) is 2.03. The SMILES string of the molecule is CCOC(=O)C1(F)C(c2ccc(C(=O)OC)cc2)N1Cc1ccccc1. The lowest BCUT2D eigenvalue weighted by Crippen LogP contribution is -2.27. The number of carbonyl (C=O) groups is 2. The molecule has 5 nitrogen and oxygen atoms in total. The van der Waals surface area contributed by atoms with E-state index in [0.29, 0.717) is 11.1 Å². The fourth-order valence-electron chi connectivity index (χ4n) is 3.09. The molecule has 0 spiro atoms. The topological polar surface area (TPSA) is 55.6 Å². The summed E-state index contributed by atoms with van der Waals surface area (Å²) in [5.41, 5.74) is 1.86. The first-order valence-electron chi connectivity index (χ1n) is 8.37. The molecule has 0 saturated carbocycles. The van der Waals surface area contributed by atoms with Gasteiger partial charge in [0.25, 0.3) is 5.79 Å². The van der Waals surface area contributed by atoms with Crippen molar-refractivity contribution in [2.75, 3.05) is 13.7 Å². The lowest BCUT2D eigenvalue weighted by atomic mass is 10.1. The first-order chi connectivity index (χ1) is 12.5. The average Bonchev–Trinajstić information content (AvgIpc) is 3.27. The van der Waals surface area contributed by atoms with E-state index in [-0.39, 0.29) is 13.2 Å². The van der Waals surface area contributed by atoms with Crippen molar-refractivity contribution in [1.82, 2.24) is 4.90 Å². The normalized spacial score (nSPS) is 24.0. The Morgan fingerprint density at radius 1 is 1.12 bits per heavy atom. The molecule has 3 atom stereocenters. The van der Waals surface area contributed by atoms with Gasteiger partial charge >= 0.3 is 11.9 Å². The molecule has 136 valence electrons. The fraction of sp³-hybridized carbons (Fsp3) is 0.300. The van der Waals surface area contributed by atoms with Crippen LogP contribution < -0.4 is 0 Å². The summed E-state index contributed by atoms with van der Waals surface area (Å²) < 4.78 is 25.1. The first-order valence-corrected chi connectivity index (χ1v) is 8.37. The largest absolute Gasteiger partial charge is 0.465 e. The molecule has 1 fully saturated rings. The van der Waals surface area contributed by atoms with Crippen molar-refractivity contribution in [1.29, 1.82) is 0 Å². The van der Waals surface area contributed by atoms with Crippen molar-refractivity contribution >= 4 is 11.9 Å². The van der Waals surface area contributed by atoms with Gasteiger partial charge in [-0.1, -0.05) is 42.5 Å². The van der Waals surface area contributed by atoms with Crippen LogP contribution in [0.1, 0.15) is 34.5 Å². The quantitative estimate of drug-likeness (QED) is 0.451. The molecular formula is C20H20FNO4. The van der Waals surface area contributed by atoms with Crippen LogP contribution in [0.2, 0.25) is 0 Å². The van der Waals surface area contributed by atoms with E-state index in [0.717, 1.165) is 5.56 Å². The molecule has 1 saturated heterocycles. The second kappa shape index (κ2) is 7.25. The highest BCUT2D eigenvalue weighted by molar-refractivity contribution is 5.89. The third-order valence-corrected chi connectivity index (χ3v) is 4.43. The van der Waals surface area contributed by atoms with E-state index in [4.69, 9.17) is 4.74 Å². The van der Waals surface area contributed by atoms with Crippen LogP contribution in [-0.2, 0) is 20.8 Å². The Bertz CT molecular complexity index is 793. The van der Waals surface area contributed by atoms with Crippen LogP contribution in [-0.4, -0.2) is 36.3 Å². The number of esters is 2. The van der Waals surface area contributed by atoms with Crippen LogP contribution in [0.5, 0.6) is 0 Å². The lowest BCUT2D eigenvalue weighted by molar-refractivity contribution is -0.153. The van der Waals surface area contributed by atoms with Gasteiger partial charge in [0.2, 0.25) is 0 Å². The Labute approximate surface area is 151 Å². The number of rotatable bonds is 6. The molecule has 0 aromatic heterocycles. The number of nitrogens with zero attached hydrogens (tertiary/aromatic N) is 1. The van der Waals surface area contributed by atoms with Gasteiger partial charge < -0.3 is 9.47 Å². The Kier molecular flexibility index (Phi) is 5.04. The van der Waals surface area contributed by atoms with Gasteiger partial charge in [-0.3, -0.25) is 0 Å². The molecule has 0 aliphatic carbocycles. The molecule has 2 aromatic rings. The molecule has 0 radical (unpaired) electrons. The summed E-state index contributed by atoms with van der Waals surface area (Å²) in [6, 6.07) is 15.0. The van der Waals surface area contributed by atoms with E-state index in [9.17, 15) is 9.59 Å². The summed E-state index contributed by atoms with van der Waals surface area (Å²) in [4.78, 5) is 25.2. The van der Waals surface area contributed by atoms with Gasteiger partial charge in [0.05, 0.1) is 25.3 Å². The molecule has 3 rings (SSSR count). The minimum absolute atomic E-state index is 0.109. The van der Waals surface area contributed by atoms with E-state index in [1.165, 1.54) is 12.0 Å². The number of ether oxygens (including phenoxy) is 2. The van der Waals surface area contributed by atoms with Crippen molar-refractivity contribution in [3.05, 3.63) is 71.3 Å². The summed E-state index contributed by atoms with van der Waals surface area (Å²) in [5, 5.41) is 0. The van der Waals surface area contributed by atoms with E-state index in [2.05, 4.69) is 4.74 Å². The maximum Gasteiger partial charge on any atom is 0.361 e. The molecule has 0 bridgehead atoms. The predicted molar refractivity (Wildman–Crippen MR) is 93.0 cm³/mol. The van der Waals surface area contributed by atoms with Crippen molar-refractivity contribution in [3.63, 3.8) is 0 Å². The molecule has 26 heavy (non-hydrogen) atoms. The van der Waals surface area contributed by atoms with Crippen LogP contribution >= 0.6 is 0 Å². The lowest BCUT2D eigenvalue weighted by Gasteiger charge is -2.07. The van der Waals surface area contributed by atoms with Gasteiger partial charge in [0, 0.05) is 6.54 Å². The third-order valence-electron chi connectivity index (χ3n) is 4.43. The van der Waals surface area contributed by atoms with Gasteiger partial charge in [0.1, 0.15) is 0 Å². The Morgan fingerprint density at radius 3 is 2.35 bits per heavy atom. The van der Waals surface area contributed by atoms with Crippen molar-refractivity contribution in [3.8, 4) is 0 Å². The van der Waals surface area contributed by atoms with Gasteiger partial charge in [-0.05, 0) is 30.2 Å². The van der Waals surface area contributed by atoms with Gasteiger partial charge in [-0.15, -0.1) is 0 Å². The fourth-order valence-corrected chi connectivity index (χ4v) is 3.09. The zero-order valence-electron chi connectivity index (χ0n) is 14.6. The van der Waals surface area contributed by atoms with Crippen LogP contribution in [0.25, 0.3) is 0 Å². The molecule has 1 heterocycles. The number of hydrogen-bond acceptors (Lipinski definition) is 5. The summed E-state index contributed by atoms with van der Waals surface area (Å²) >= 11 is 0. The summed E-state index contributed by atoms with van der Waals surface area (Å²) in [5.74, 6) is -3.57. The highest BCUT2D eigenvalue weighted by Gasteiger charge is 2.71. The zero-order chi connectivity index (χ0) is 18.7. The smallest absolute Gasteiger partial charge is 0.361 e. The molecule has 1 aliphatic heterocycles. The number of carbonyl (C=O) groups excluding carboxylic acids is 2. The molecule has 0 amide bonds. The van der Waals surface area contributed by atoms with Crippen LogP contribution in [0.15, 0.2) is 54.6 Å². The van der Waals surface area contributed by atoms with E-state index in [1.54, 1.807) is 31.2 Å². The molecule has 6 heteroatoms. The minimum atomic E-state index is -2.21.